The van der Waals surface area contributed by atoms with Crippen molar-refractivity contribution in [3.05, 3.63) is 29.8 Å². The Labute approximate surface area is 97.9 Å². The Morgan fingerprint density at radius 1 is 1.47 bits per heavy atom. The Balaban J connectivity index is 2.43. The van der Waals surface area contributed by atoms with Crippen LogP contribution in [0.15, 0.2) is 24.3 Å². The maximum absolute atomic E-state index is 11.1. The number of carbonyl (C=O) groups is 1. The Bertz CT molecular complexity index is 324. The average molecular weight is 272 g/mol. The van der Waals surface area contributed by atoms with Crippen molar-refractivity contribution in [3.63, 3.8) is 0 Å². The number of hydrogen-bond donors (Lipinski definition) is 1. The number of methoxy groups -OCH3 is 1. The quantitative estimate of drug-likeness (QED) is 0.675. The van der Waals surface area contributed by atoms with E-state index in [9.17, 15) is 4.79 Å². The molecule has 0 aliphatic carbocycles. The lowest BCUT2D eigenvalue weighted by Gasteiger charge is -2.10. The molecule has 0 heterocycles. The summed E-state index contributed by atoms with van der Waals surface area (Å²) in [5.41, 5.74) is 2.21. The predicted molar refractivity (Wildman–Crippen MR) is 64.4 cm³/mol. The van der Waals surface area contributed by atoms with Gasteiger partial charge in [0.2, 0.25) is 0 Å². The summed E-state index contributed by atoms with van der Waals surface area (Å²) in [5.74, 6) is -0.269. The van der Waals surface area contributed by atoms with Crippen molar-refractivity contribution in [2.24, 2.45) is 0 Å². The van der Waals surface area contributed by atoms with E-state index in [1.54, 1.807) is 0 Å². The van der Waals surface area contributed by atoms with Gasteiger partial charge in [-0.15, -0.1) is 0 Å². The van der Waals surface area contributed by atoms with Gasteiger partial charge in [-0.2, -0.15) is 0 Å². The number of hydrogen-bond acceptors (Lipinski definition) is 3. The van der Waals surface area contributed by atoms with E-state index in [4.69, 9.17) is 0 Å². The number of esters is 1. The molecular weight excluding hydrogens is 258 g/mol. The number of aryl methyl sites for hydroxylation is 1. The zero-order valence-corrected chi connectivity index (χ0v) is 10.4. The number of anilines is 1. The van der Waals surface area contributed by atoms with Crippen LogP contribution in [0.4, 0.5) is 5.69 Å². The van der Waals surface area contributed by atoms with Crippen LogP contribution >= 0.6 is 15.9 Å². The molecule has 0 fully saturated rings. The van der Waals surface area contributed by atoms with E-state index in [0.717, 1.165) is 5.69 Å². The second-order valence-electron chi connectivity index (χ2n) is 3.24. The SMILES string of the molecule is COC(=O)C(Br)CNc1ccc(C)cc1. The summed E-state index contributed by atoms with van der Waals surface area (Å²) in [6.07, 6.45) is 0. The molecule has 1 aromatic carbocycles. The van der Waals surface area contributed by atoms with E-state index in [2.05, 4.69) is 26.0 Å². The second kappa shape index (κ2) is 5.75. The molecule has 82 valence electrons. The third-order valence-corrected chi connectivity index (χ3v) is 2.69. The van der Waals surface area contributed by atoms with Gasteiger partial charge < -0.3 is 10.1 Å². The molecule has 0 aliphatic heterocycles. The summed E-state index contributed by atoms with van der Waals surface area (Å²) in [6.45, 7) is 2.54. The lowest BCUT2D eigenvalue weighted by atomic mass is 10.2. The highest BCUT2D eigenvalue weighted by Crippen LogP contribution is 2.10. The second-order valence-corrected chi connectivity index (χ2v) is 4.34. The van der Waals surface area contributed by atoms with Crippen molar-refractivity contribution in [1.29, 1.82) is 0 Å². The van der Waals surface area contributed by atoms with E-state index >= 15 is 0 Å². The normalized spacial score (nSPS) is 11.9. The van der Waals surface area contributed by atoms with Gasteiger partial charge in [0.25, 0.3) is 0 Å². The minimum atomic E-state index is -0.316. The van der Waals surface area contributed by atoms with Crippen LogP contribution in [0.2, 0.25) is 0 Å². The lowest BCUT2D eigenvalue weighted by molar-refractivity contribution is -0.139. The number of rotatable bonds is 4. The van der Waals surface area contributed by atoms with Gasteiger partial charge in [-0.05, 0) is 19.1 Å². The molecule has 0 aliphatic rings. The third kappa shape index (κ3) is 3.91. The molecule has 0 saturated carbocycles. The van der Waals surface area contributed by atoms with Crippen LogP contribution in [0.1, 0.15) is 5.56 Å². The lowest BCUT2D eigenvalue weighted by Crippen LogP contribution is -2.24. The first-order valence-electron chi connectivity index (χ1n) is 4.66. The fraction of sp³-hybridized carbons (Fsp3) is 0.364. The van der Waals surface area contributed by atoms with Crippen LogP contribution in [0.25, 0.3) is 0 Å². The van der Waals surface area contributed by atoms with Gasteiger partial charge in [0.05, 0.1) is 7.11 Å². The third-order valence-electron chi connectivity index (χ3n) is 1.99. The van der Waals surface area contributed by atoms with Crippen LogP contribution in [-0.4, -0.2) is 24.5 Å². The maximum Gasteiger partial charge on any atom is 0.321 e. The first-order chi connectivity index (χ1) is 7.13. The number of nitrogens with one attached hydrogen (secondary N) is 1. The first-order valence-corrected chi connectivity index (χ1v) is 5.57. The van der Waals surface area contributed by atoms with Gasteiger partial charge in [0.15, 0.2) is 0 Å². The average Bonchev–Trinajstić information content (AvgIpc) is 2.26. The number of carbonyl (C=O) groups excluding carboxylic acids is 1. The highest BCUT2D eigenvalue weighted by Gasteiger charge is 2.14. The highest BCUT2D eigenvalue weighted by atomic mass is 79.9. The fourth-order valence-electron chi connectivity index (χ4n) is 1.09. The molecule has 3 nitrogen and oxygen atoms in total. The van der Waals surface area contributed by atoms with E-state index in [0.29, 0.717) is 6.54 Å². The molecule has 1 rings (SSSR count). The molecule has 1 N–H and O–H groups in total. The molecule has 0 amide bonds. The zero-order chi connectivity index (χ0) is 11.3. The molecular formula is C11H14BrNO2. The largest absolute Gasteiger partial charge is 0.468 e. The Kier molecular flexibility index (Phi) is 4.62. The summed E-state index contributed by atoms with van der Waals surface area (Å²) in [7, 11) is 1.38. The van der Waals surface area contributed by atoms with Crippen LogP contribution in [0, 0.1) is 6.92 Å². The number of ether oxygens (including phenoxy) is 1. The smallest absolute Gasteiger partial charge is 0.321 e. The Morgan fingerprint density at radius 3 is 2.60 bits per heavy atom. The van der Waals surface area contributed by atoms with Gasteiger partial charge >= 0.3 is 5.97 Å². The monoisotopic (exact) mass is 271 g/mol. The topological polar surface area (TPSA) is 38.3 Å². The van der Waals surface area contributed by atoms with Crippen LogP contribution in [0.3, 0.4) is 0 Å². The Morgan fingerprint density at radius 2 is 2.07 bits per heavy atom. The van der Waals surface area contributed by atoms with E-state index < -0.39 is 0 Å². The van der Waals surface area contributed by atoms with Crippen molar-refractivity contribution < 1.29 is 9.53 Å². The molecule has 0 radical (unpaired) electrons. The molecule has 0 spiro atoms. The van der Waals surface area contributed by atoms with Crippen molar-refractivity contribution in [3.8, 4) is 0 Å². The van der Waals surface area contributed by atoms with Gasteiger partial charge in [0, 0.05) is 12.2 Å². The fourth-order valence-corrected chi connectivity index (χ4v) is 1.44. The van der Waals surface area contributed by atoms with Gasteiger partial charge in [-0.3, -0.25) is 4.79 Å². The van der Waals surface area contributed by atoms with Crippen molar-refractivity contribution >= 4 is 27.6 Å². The van der Waals surface area contributed by atoms with Gasteiger partial charge in [-0.25, -0.2) is 0 Å². The summed E-state index contributed by atoms with van der Waals surface area (Å²) >= 11 is 3.24. The minimum absolute atomic E-state index is 0.269. The van der Waals surface area contributed by atoms with Crippen LogP contribution < -0.4 is 5.32 Å². The summed E-state index contributed by atoms with van der Waals surface area (Å²) in [5, 5.41) is 3.14. The minimum Gasteiger partial charge on any atom is -0.468 e. The van der Waals surface area contributed by atoms with Crippen LogP contribution in [0.5, 0.6) is 0 Å². The first kappa shape index (κ1) is 12.0. The molecule has 1 atom stereocenters. The maximum atomic E-state index is 11.1. The number of halogens is 1. The van der Waals surface area contributed by atoms with Crippen molar-refractivity contribution in [1.82, 2.24) is 0 Å². The zero-order valence-electron chi connectivity index (χ0n) is 8.79. The molecule has 4 heteroatoms. The van der Waals surface area contributed by atoms with E-state index in [1.165, 1.54) is 12.7 Å². The van der Waals surface area contributed by atoms with E-state index in [-0.39, 0.29) is 10.8 Å². The molecule has 1 unspecified atom stereocenters. The van der Waals surface area contributed by atoms with Crippen LogP contribution in [-0.2, 0) is 9.53 Å². The molecule has 0 aromatic heterocycles. The molecule has 0 bridgehead atoms. The van der Waals surface area contributed by atoms with Gasteiger partial charge in [0.1, 0.15) is 4.83 Å². The molecule has 15 heavy (non-hydrogen) atoms. The number of alkyl halides is 1. The standard InChI is InChI=1S/C11H14BrNO2/c1-8-3-5-9(6-4-8)13-7-10(12)11(14)15-2/h3-6,10,13H,7H2,1-2H3. The van der Waals surface area contributed by atoms with Crippen molar-refractivity contribution in [2.75, 3.05) is 19.0 Å². The molecule has 1 aromatic rings. The molecule has 0 saturated heterocycles. The summed E-state index contributed by atoms with van der Waals surface area (Å²) in [4.78, 5) is 10.8. The van der Waals surface area contributed by atoms with Gasteiger partial charge in [-0.1, -0.05) is 33.6 Å². The highest BCUT2D eigenvalue weighted by molar-refractivity contribution is 9.10. The Hall–Kier alpha value is -1.03. The number of benzene rings is 1. The van der Waals surface area contributed by atoms with Crippen molar-refractivity contribution in [2.45, 2.75) is 11.8 Å². The predicted octanol–water partition coefficient (Wildman–Crippen LogP) is 2.34. The summed E-state index contributed by atoms with van der Waals surface area (Å²) in [6, 6.07) is 7.99. The van der Waals surface area contributed by atoms with E-state index in [1.807, 2.05) is 31.2 Å². The summed E-state index contributed by atoms with van der Waals surface area (Å²) < 4.78 is 4.59.